The van der Waals surface area contributed by atoms with Crippen LogP contribution in [0.4, 0.5) is 8.78 Å². The van der Waals surface area contributed by atoms with Crippen LogP contribution in [0.5, 0.6) is 0 Å². The van der Waals surface area contributed by atoms with Crippen LogP contribution in [0.3, 0.4) is 0 Å². The molecule has 13 heteroatoms. The number of piperidine rings is 2. The molecule has 8 aromatic rings. The van der Waals surface area contributed by atoms with Crippen LogP contribution in [0.1, 0.15) is 72.8 Å². The molecule has 2 saturated heterocycles. The van der Waals surface area contributed by atoms with Crippen LogP contribution in [0.2, 0.25) is 0 Å². The monoisotopic (exact) mass is 779 g/mol. The Morgan fingerprint density at radius 1 is 0.724 bits per heavy atom. The predicted molar refractivity (Wildman–Crippen MR) is 224 cm³/mol. The van der Waals surface area contributed by atoms with Crippen LogP contribution in [0.25, 0.3) is 60.7 Å². The van der Waals surface area contributed by atoms with Crippen molar-refractivity contribution in [2.24, 2.45) is 7.05 Å². The van der Waals surface area contributed by atoms with Gasteiger partial charge in [0.15, 0.2) is 17.3 Å². The van der Waals surface area contributed by atoms with E-state index in [0.29, 0.717) is 33.9 Å². The van der Waals surface area contributed by atoms with Gasteiger partial charge in [0.1, 0.15) is 16.9 Å². The Morgan fingerprint density at radius 3 is 2.28 bits per heavy atom. The van der Waals surface area contributed by atoms with Gasteiger partial charge in [-0.15, -0.1) is 10.2 Å². The molecule has 0 saturated carbocycles. The molecule has 3 aromatic carbocycles. The number of aryl methyl sites for hydroxylation is 4. The van der Waals surface area contributed by atoms with E-state index in [1.807, 2.05) is 69.3 Å². The van der Waals surface area contributed by atoms with Gasteiger partial charge in [0, 0.05) is 58.7 Å². The van der Waals surface area contributed by atoms with Gasteiger partial charge in [0.2, 0.25) is 0 Å². The molecule has 0 aliphatic carbocycles. The molecule has 2 aliphatic heterocycles. The number of imidazole rings is 1. The average molecular weight is 780 g/mol. The largest absolute Gasteiger partial charge is 0.317 e. The van der Waals surface area contributed by atoms with Crippen molar-refractivity contribution < 1.29 is 8.78 Å². The fourth-order valence-corrected chi connectivity index (χ4v) is 8.56. The van der Waals surface area contributed by atoms with Crippen molar-refractivity contribution >= 4 is 38.4 Å². The van der Waals surface area contributed by atoms with Crippen molar-refractivity contribution in [3.63, 3.8) is 0 Å². The number of pyridine rings is 1. The number of nitrogens with one attached hydrogen (secondary N) is 1. The highest BCUT2D eigenvalue weighted by Crippen LogP contribution is 2.33. The first-order valence-electron chi connectivity index (χ1n) is 20.2. The number of fused-ring (bicyclic) bond motifs is 4. The number of aromatic nitrogens is 9. The summed E-state index contributed by atoms with van der Waals surface area (Å²) >= 11 is 0. The number of nitrogens with zero attached hydrogens (tertiary/aromatic N) is 10. The third-order valence-electron chi connectivity index (χ3n) is 11.8. The van der Waals surface area contributed by atoms with Gasteiger partial charge in [0.05, 0.1) is 23.1 Å². The minimum atomic E-state index is -0.397. The SMILES string of the molecule is CCN1CCC(c2nnc3cc(-c4cc(C)c5nc(C)cn5n4)cc(F)c3n2)CC1.Cc1cc(-c2cc(F)c3cc(C4CCNCC4)ncc3c2)cc2cn(C)nc12. The molecule has 1 N–H and O–H groups in total. The number of likely N-dealkylation sites (tertiary alicyclic amines) is 1. The average Bonchev–Trinajstić information content (AvgIpc) is 3.82. The van der Waals surface area contributed by atoms with Gasteiger partial charge >= 0.3 is 0 Å². The molecule has 10 rings (SSSR count). The minimum Gasteiger partial charge on any atom is -0.317 e. The lowest BCUT2D eigenvalue weighted by Gasteiger charge is -2.29. The normalized spacial score (nSPS) is 15.8. The lowest BCUT2D eigenvalue weighted by atomic mass is 9.92. The Hall–Kier alpha value is -5.79. The quantitative estimate of drug-likeness (QED) is 0.184. The van der Waals surface area contributed by atoms with Crippen LogP contribution in [-0.4, -0.2) is 82.2 Å². The fraction of sp³-hybridized carbons (Fsp3) is 0.356. The third-order valence-corrected chi connectivity index (χ3v) is 11.8. The Kier molecular flexibility index (Phi) is 10.1. The van der Waals surface area contributed by atoms with Gasteiger partial charge in [0.25, 0.3) is 0 Å². The zero-order valence-corrected chi connectivity index (χ0v) is 33.6. The van der Waals surface area contributed by atoms with E-state index >= 15 is 8.78 Å². The molecule has 0 atom stereocenters. The Morgan fingerprint density at radius 2 is 1.48 bits per heavy atom. The maximum atomic E-state index is 15.0. The summed E-state index contributed by atoms with van der Waals surface area (Å²) in [5.41, 5.74) is 9.66. The van der Waals surface area contributed by atoms with Crippen LogP contribution in [-0.2, 0) is 7.05 Å². The summed E-state index contributed by atoms with van der Waals surface area (Å²) in [4.78, 5) is 16.1. The molecular weight excluding hydrogens is 733 g/mol. The fourth-order valence-electron chi connectivity index (χ4n) is 8.56. The molecule has 7 heterocycles. The maximum absolute atomic E-state index is 15.0. The molecule has 296 valence electrons. The summed E-state index contributed by atoms with van der Waals surface area (Å²) in [6.45, 7) is 13.2. The van der Waals surface area contributed by atoms with Crippen LogP contribution >= 0.6 is 0 Å². The number of benzene rings is 3. The Balaban J connectivity index is 0.000000151. The van der Waals surface area contributed by atoms with Gasteiger partial charge in [-0.25, -0.2) is 23.3 Å². The topological polar surface area (TPSA) is 115 Å². The molecule has 58 heavy (non-hydrogen) atoms. The first-order valence-corrected chi connectivity index (χ1v) is 20.2. The summed E-state index contributed by atoms with van der Waals surface area (Å²) in [7, 11) is 1.92. The zero-order valence-electron chi connectivity index (χ0n) is 33.6. The van der Waals surface area contributed by atoms with Gasteiger partial charge in [-0.1, -0.05) is 6.92 Å². The molecule has 2 fully saturated rings. The van der Waals surface area contributed by atoms with Crippen molar-refractivity contribution in [3.8, 4) is 22.4 Å². The zero-order chi connectivity index (χ0) is 40.1. The number of hydrogen-bond acceptors (Lipinski definition) is 9. The molecule has 11 nitrogen and oxygen atoms in total. The van der Waals surface area contributed by atoms with Crippen molar-refractivity contribution in [3.05, 3.63) is 107 Å². The van der Waals surface area contributed by atoms with E-state index in [1.165, 1.54) is 6.07 Å². The van der Waals surface area contributed by atoms with E-state index in [4.69, 9.17) is 0 Å². The van der Waals surface area contributed by atoms with E-state index in [2.05, 4.69) is 64.6 Å². The standard InChI is InChI=1S/C23H23FN4.C22H24FN7/c1-14-7-16(9-19-13-28(2)27-23(14)19)17-8-18-12-26-22(11-20(18)21(24)10-17)15-3-5-25-6-4-15;1-4-29-7-5-15(6-8-29)21-25-20-17(23)10-16(11-19(20)26-27-21)18-9-13(2)22-24-14(3)12-30(22)28-18/h7-13,15,25H,3-6H2,1-2H3;9-12,15H,4-8H2,1-3H3. The van der Waals surface area contributed by atoms with E-state index < -0.39 is 5.82 Å². The van der Waals surface area contributed by atoms with Crippen molar-refractivity contribution in [1.29, 1.82) is 0 Å². The molecule has 2 aliphatic rings. The molecule has 0 bridgehead atoms. The molecule has 5 aromatic heterocycles. The molecular formula is C45H47F2N11. The Bertz CT molecular complexity index is 2810. The Labute approximate surface area is 335 Å². The second kappa shape index (κ2) is 15.5. The van der Waals surface area contributed by atoms with Crippen molar-refractivity contribution in [1.82, 2.24) is 54.8 Å². The van der Waals surface area contributed by atoms with E-state index in [1.54, 1.807) is 16.6 Å². The highest BCUT2D eigenvalue weighted by Gasteiger charge is 2.24. The van der Waals surface area contributed by atoms with Crippen LogP contribution in [0.15, 0.2) is 67.1 Å². The first-order chi connectivity index (χ1) is 28.1. The summed E-state index contributed by atoms with van der Waals surface area (Å²) < 4.78 is 33.6. The maximum Gasteiger partial charge on any atom is 0.156 e. The highest BCUT2D eigenvalue weighted by atomic mass is 19.1. The second-order valence-corrected chi connectivity index (χ2v) is 15.9. The lowest BCUT2D eigenvalue weighted by molar-refractivity contribution is 0.219. The predicted octanol–water partition coefficient (Wildman–Crippen LogP) is 8.39. The third kappa shape index (κ3) is 7.40. The number of halogens is 2. The smallest absolute Gasteiger partial charge is 0.156 e. The number of rotatable bonds is 5. The van der Waals surface area contributed by atoms with E-state index in [-0.39, 0.29) is 17.3 Å². The summed E-state index contributed by atoms with van der Waals surface area (Å²) in [6.07, 6.45) is 9.76. The van der Waals surface area contributed by atoms with E-state index in [0.717, 1.165) is 114 Å². The summed E-state index contributed by atoms with van der Waals surface area (Å²) in [5, 5.41) is 23.7. The van der Waals surface area contributed by atoms with Crippen LogP contribution < -0.4 is 5.32 Å². The highest BCUT2D eigenvalue weighted by molar-refractivity contribution is 5.91. The van der Waals surface area contributed by atoms with Gasteiger partial charge in [-0.05, 0) is 150 Å². The minimum absolute atomic E-state index is 0.186. The first kappa shape index (κ1) is 37.8. The molecule has 0 amide bonds. The lowest BCUT2D eigenvalue weighted by Crippen LogP contribution is -2.33. The van der Waals surface area contributed by atoms with Crippen molar-refractivity contribution in [2.45, 2.75) is 65.2 Å². The number of hydrogen-bond donors (Lipinski definition) is 1. The van der Waals surface area contributed by atoms with Gasteiger partial charge in [-0.3, -0.25) is 9.67 Å². The summed E-state index contributed by atoms with van der Waals surface area (Å²) in [5.74, 6) is 0.717. The summed E-state index contributed by atoms with van der Waals surface area (Å²) in [6, 6.07) is 15.0. The molecule has 0 spiro atoms. The van der Waals surface area contributed by atoms with Gasteiger partial charge < -0.3 is 10.2 Å². The molecule has 0 unspecified atom stereocenters. The van der Waals surface area contributed by atoms with E-state index in [9.17, 15) is 0 Å². The second-order valence-electron chi connectivity index (χ2n) is 15.9. The van der Waals surface area contributed by atoms with Crippen LogP contribution in [0, 0.1) is 32.4 Å². The van der Waals surface area contributed by atoms with Crippen molar-refractivity contribution in [2.75, 3.05) is 32.7 Å². The van der Waals surface area contributed by atoms with Gasteiger partial charge in [-0.2, -0.15) is 10.2 Å². The molecule has 0 radical (unpaired) electrons.